The van der Waals surface area contributed by atoms with Crippen LogP contribution in [0.1, 0.15) is 20.7 Å². The molecule has 1 amide bonds. The van der Waals surface area contributed by atoms with Crippen molar-refractivity contribution in [3.63, 3.8) is 0 Å². The molecule has 0 fully saturated rings. The van der Waals surface area contributed by atoms with Crippen LogP contribution in [0.3, 0.4) is 0 Å². The molecule has 108 valence electrons. The van der Waals surface area contributed by atoms with Crippen molar-refractivity contribution in [1.82, 2.24) is 0 Å². The van der Waals surface area contributed by atoms with Crippen LogP contribution in [0.2, 0.25) is 10.0 Å². The average molecular weight is 389 g/mol. The topological polar surface area (TPSA) is 66.4 Å². The monoisotopic (exact) mass is 387 g/mol. The molecular formula is C14H8BrCl2NO3. The van der Waals surface area contributed by atoms with Crippen LogP contribution in [0.15, 0.2) is 40.9 Å². The number of hydrogen-bond donors (Lipinski definition) is 2. The van der Waals surface area contributed by atoms with Gasteiger partial charge in [0.05, 0.1) is 21.2 Å². The Bertz CT molecular complexity index is 714. The average Bonchev–Trinajstić information content (AvgIpc) is 2.40. The first-order valence-corrected chi connectivity index (χ1v) is 7.23. The van der Waals surface area contributed by atoms with E-state index in [9.17, 15) is 9.59 Å². The van der Waals surface area contributed by atoms with Crippen LogP contribution in [-0.4, -0.2) is 17.0 Å². The molecule has 0 radical (unpaired) electrons. The molecule has 0 heterocycles. The minimum atomic E-state index is -1.10. The summed E-state index contributed by atoms with van der Waals surface area (Å²) in [6, 6.07) is 9.17. The van der Waals surface area contributed by atoms with Gasteiger partial charge in [-0.15, -0.1) is 0 Å². The number of aromatic carboxylic acids is 1. The maximum atomic E-state index is 12.2. The van der Waals surface area contributed by atoms with Gasteiger partial charge in [-0.05, 0) is 46.3 Å². The molecule has 0 unspecified atom stereocenters. The molecule has 4 nitrogen and oxygen atoms in total. The normalized spacial score (nSPS) is 10.2. The lowest BCUT2D eigenvalue weighted by Gasteiger charge is -2.09. The van der Waals surface area contributed by atoms with Gasteiger partial charge in [0.1, 0.15) is 0 Å². The molecule has 21 heavy (non-hydrogen) atoms. The lowest BCUT2D eigenvalue weighted by atomic mass is 10.1. The van der Waals surface area contributed by atoms with E-state index in [4.69, 9.17) is 28.3 Å². The lowest BCUT2D eigenvalue weighted by molar-refractivity contribution is 0.0695. The van der Waals surface area contributed by atoms with Crippen molar-refractivity contribution in [2.75, 3.05) is 5.32 Å². The van der Waals surface area contributed by atoms with Crippen molar-refractivity contribution in [2.24, 2.45) is 0 Å². The highest BCUT2D eigenvalue weighted by Crippen LogP contribution is 2.26. The molecule has 0 atom stereocenters. The molecule has 0 saturated carbocycles. The quantitative estimate of drug-likeness (QED) is 0.800. The number of rotatable bonds is 3. The summed E-state index contributed by atoms with van der Waals surface area (Å²) in [5, 5.41) is 12.1. The molecule has 2 rings (SSSR count). The number of anilines is 1. The molecule has 0 aliphatic heterocycles. The number of halogens is 3. The number of hydrogen-bond acceptors (Lipinski definition) is 2. The Labute approximate surface area is 138 Å². The van der Waals surface area contributed by atoms with Crippen molar-refractivity contribution in [3.8, 4) is 0 Å². The summed E-state index contributed by atoms with van der Waals surface area (Å²) in [7, 11) is 0. The molecule has 0 aromatic heterocycles. The highest BCUT2D eigenvalue weighted by molar-refractivity contribution is 9.10. The third kappa shape index (κ3) is 3.56. The van der Waals surface area contributed by atoms with Gasteiger partial charge >= 0.3 is 5.97 Å². The van der Waals surface area contributed by atoms with E-state index in [1.165, 1.54) is 12.1 Å². The van der Waals surface area contributed by atoms with Gasteiger partial charge in [0.2, 0.25) is 0 Å². The maximum absolute atomic E-state index is 12.2. The van der Waals surface area contributed by atoms with E-state index in [0.717, 1.165) is 0 Å². The molecule has 0 aliphatic carbocycles. The Morgan fingerprint density at radius 3 is 2.29 bits per heavy atom. The smallest absolute Gasteiger partial charge is 0.336 e. The number of carboxylic acid groups (broad SMARTS) is 1. The Kier molecular flexibility index (Phi) is 4.88. The predicted molar refractivity (Wildman–Crippen MR) is 85.5 cm³/mol. The van der Waals surface area contributed by atoms with E-state index >= 15 is 0 Å². The van der Waals surface area contributed by atoms with Gasteiger partial charge in [0, 0.05) is 10.2 Å². The van der Waals surface area contributed by atoms with Gasteiger partial charge in [-0.25, -0.2) is 4.79 Å². The summed E-state index contributed by atoms with van der Waals surface area (Å²) in [6.07, 6.45) is 0. The number of nitrogens with one attached hydrogen (secondary N) is 1. The fourth-order valence-electron chi connectivity index (χ4n) is 1.68. The Hall–Kier alpha value is -1.56. The van der Waals surface area contributed by atoms with Crippen molar-refractivity contribution < 1.29 is 14.7 Å². The highest BCUT2D eigenvalue weighted by Gasteiger charge is 2.16. The Morgan fingerprint density at radius 2 is 1.71 bits per heavy atom. The van der Waals surface area contributed by atoms with Crippen LogP contribution in [0, 0.1) is 0 Å². The van der Waals surface area contributed by atoms with Crippen molar-refractivity contribution in [3.05, 3.63) is 62.0 Å². The van der Waals surface area contributed by atoms with E-state index in [1.54, 1.807) is 24.3 Å². The van der Waals surface area contributed by atoms with Crippen LogP contribution in [0.25, 0.3) is 0 Å². The molecular weight excluding hydrogens is 381 g/mol. The summed E-state index contributed by atoms with van der Waals surface area (Å²) in [6.45, 7) is 0. The number of carbonyl (C=O) groups is 2. The third-order valence-corrected chi connectivity index (χ3v) is 3.97. The fourth-order valence-corrected chi connectivity index (χ4v) is 2.66. The second kappa shape index (κ2) is 6.47. The number of carboxylic acids is 1. The van der Waals surface area contributed by atoms with Crippen LogP contribution >= 0.6 is 39.1 Å². The first kappa shape index (κ1) is 15.8. The zero-order chi connectivity index (χ0) is 15.6. The van der Waals surface area contributed by atoms with Gasteiger partial charge in [-0.3, -0.25) is 4.79 Å². The number of benzene rings is 2. The Morgan fingerprint density at radius 1 is 1.10 bits per heavy atom. The molecule has 2 aromatic carbocycles. The van der Waals surface area contributed by atoms with Gasteiger partial charge in [-0.2, -0.15) is 0 Å². The molecule has 0 bridgehead atoms. The SMILES string of the molecule is O=C(O)c1cc(NC(=O)c2c(Cl)cccc2Cl)ccc1Br. The van der Waals surface area contributed by atoms with Crippen molar-refractivity contribution >= 4 is 56.7 Å². The lowest BCUT2D eigenvalue weighted by Crippen LogP contribution is -2.13. The number of carbonyl (C=O) groups excluding carboxylic acids is 1. The standard InChI is InChI=1S/C14H8BrCl2NO3/c15-9-5-4-7(6-8(9)14(20)21)18-13(19)12-10(16)2-1-3-11(12)17/h1-6H,(H,18,19)(H,20,21). The Balaban J connectivity index is 2.32. The van der Waals surface area contributed by atoms with E-state index < -0.39 is 11.9 Å². The van der Waals surface area contributed by atoms with E-state index in [0.29, 0.717) is 10.2 Å². The van der Waals surface area contributed by atoms with Gasteiger partial charge in [0.25, 0.3) is 5.91 Å². The minimum Gasteiger partial charge on any atom is -0.478 e. The van der Waals surface area contributed by atoms with Crippen LogP contribution in [-0.2, 0) is 0 Å². The summed E-state index contributed by atoms with van der Waals surface area (Å²) in [5.41, 5.74) is 0.510. The summed E-state index contributed by atoms with van der Waals surface area (Å²) < 4.78 is 0.420. The first-order chi connectivity index (χ1) is 9.90. The zero-order valence-electron chi connectivity index (χ0n) is 10.4. The first-order valence-electron chi connectivity index (χ1n) is 5.68. The molecule has 0 spiro atoms. The third-order valence-electron chi connectivity index (χ3n) is 2.64. The van der Waals surface area contributed by atoms with Crippen molar-refractivity contribution in [1.29, 1.82) is 0 Å². The van der Waals surface area contributed by atoms with Crippen molar-refractivity contribution in [2.45, 2.75) is 0 Å². The summed E-state index contributed by atoms with van der Waals surface area (Å²) in [4.78, 5) is 23.2. The van der Waals surface area contributed by atoms with Crippen LogP contribution in [0.5, 0.6) is 0 Å². The van der Waals surface area contributed by atoms with E-state index in [2.05, 4.69) is 21.2 Å². The van der Waals surface area contributed by atoms with Gasteiger partial charge < -0.3 is 10.4 Å². The predicted octanol–water partition coefficient (Wildman–Crippen LogP) is 4.71. The molecule has 2 N–H and O–H groups in total. The fraction of sp³-hybridized carbons (Fsp3) is 0. The maximum Gasteiger partial charge on any atom is 0.336 e. The van der Waals surface area contributed by atoms with Gasteiger partial charge in [-0.1, -0.05) is 29.3 Å². The van der Waals surface area contributed by atoms with Crippen LogP contribution < -0.4 is 5.32 Å². The molecule has 2 aromatic rings. The summed E-state index contributed by atoms with van der Waals surface area (Å²) in [5.74, 6) is -1.61. The molecule has 0 saturated heterocycles. The molecule has 7 heteroatoms. The van der Waals surface area contributed by atoms with Gasteiger partial charge in [0.15, 0.2) is 0 Å². The summed E-state index contributed by atoms with van der Waals surface area (Å²) >= 11 is 15.0. The second-order valence-corrected chi connectivity index (χ2v) is 5.72. The number of amides is 1. The van der Waals surface area contributed by atoms with E-state index in [1.807, 2.05) is 0 Å². The largest absolute Gasteiger partial charge is 0.478 e. The second-order valence-electron chi connectivity index (χ2n) is 4.05. The minimum absolute atomic E-state index is 0.0399. The highest BCUT2D eigenvalue weighted by atomic mass is 79.9. The zero-order valence-corrected chi connectivity index (χ0v) is 13.5. The molecule has 0 aliphatic rings. The van der Waals surface area contributed by atoms with Crippen LogP contribution in [0.4, 0.5) is 5.69 Å². The van der Waals surface area contributed by atoms with E-state index in [-0.39, 0.29) is 21.2 Å².